The van der Waals surface area contributed by atoms with Crippen molar-refractivity contribution in [2.24, 2.45) is 5.73 Å². The Balaban J connectivity index is 0.000000147. The second kappa shape index (κ2) is 21.0. The number of nitrogens with one attached hydrogen (secondary N) is 1. The number of nitrogens with zero attached hydrogens (tertiary/aromatic N) is 6. The van der Waals surface area contributed by atoms with Crippen LogP contribution < -0.4 is 11.1 Å². The molecule has 2 aliphatic rings. The van der Waals surface area contributed by atoms with Crippen LogP contribution in [0.4, 0.5) is 0 Å². The molecule has 15 nitrogen and oxygen atoms in total. The van der Waals surface area contributed by atoms with E-state index in [0.717, 1.165) is 65.7 Å². The number of ether oxygens (including phenoxy) is 2. The number of hydrogen-bond donors (Lipinski definition) is 3. The maximum Gasteiger partial charge on any atom is 0.335 e. The number of aromatic nitrogens is 6. The molecule has 0 saturated carbocycles. The number of carboxylic acids is 1. The van der Waals surface area contributed by atoms with Gasteiger partial charge in [-0.25, -0.2) is 14.8 Å². The van der Waals surface area contributed by atoms with Crippen molar-refractivity contribution in [3.8, 4) is 43.9 Å². The first-order chi connectivity index (χ1) is 31.6. The van der Waals surface area contributed by atoms with Gasteiger partial charge in [0.25, 0.3) is 5.91 Å². The van der Waals surface area contributed by atoms with Gasteiger partial charge in [0.05, 0.1) is 26.7 Å². The van der Waals surface area contributed by atoms with E-state index in [-0.39, 0.29) is 22.3 Å². The Kier molecular flexibility index (Phi) is 14.8. The van der Waals surface area contributed by atoms with Crippen molar-refractivity contribution in [2.75, 3.05) is 39.5 Å². The summed E-state index contributed by atoms with van der Waals surface area (Å²) in [5.74, 6) is 0.704. The van der Waals surface area contributed by atoms with Gasteiger partial charge in [-0.2, -0.15) is 9.97 Å². The van der Waals surface area contributed by atoms with Gasteiger partial charge in [0.15, 0.2) is 0 Å². The summed E-state index contributed by atoms with van der Waals surface area (Å²) in [7, 11) is 0. The molecule has 0 spiro atoms. The van der Waals surface area contributed by atoms with Crippen LogP contribution in [0.25, 0.3) is 43.9 Å². The molecule has 0 unspecified atom stereocenters. The van der Waals surface area contributed by atoms with Crippen molar-refractivity contribution in [3.63, 3.8) is 0 Å². The average molecular weight is 951 g/mol. The van der Waals surface area contributed by atoms with Crippen LogP contribution in [0.2, 0.25) is 0 Å². The van der Waals surface area contributed by atoms with Crippen molar-refractivity contribution >= 4 is 57.2 Å². The molecule has 2 saturated heterocycles. The SMILES string of the molecule is Cc1nc(-c2cccc(C(=O)NCC3(c4nc(-c5cccs5)cs4)CCOCC3)c2)no1.Cc1nc(-c2cccc(C(=O)O)c2)no1.NCC1(c2nc(-c3cccs3)cs2)CCOCC1. The molecule has 0 atom stereocenters. The fourth-order valence-electron chi connectivity index (χ4n) is 7.38. The first kappa shape index (κ1) is 45.8. The van der Waals surface area contributed by atoms with Crippen LogP contribution in [-0.4, -0.2) is 86.7 Å². The molecule has 2 aromatic carbocycles. The molecule has 6 aromatic heterocycles. The number of amides is 1. The molecule has 2 aliphatic heterocycles. The lowest BCUT2D eigenvalue weighted by Crippen LogP contribution is -2.44. The fraction of sp³-hybridized carbons (Fsp3) is 0.304. The van der Waals surface area contributed by atoms with Crippen molar-refractivity contribution in [2.45, 2.75) is 50.4 Å². The van der Waals surface area contributed by atoms with Crippen molar-refractivity contribution in [1.29, 1.82) is 0 Å². The van der Waals surface area contributed by atoms with Gasteiger partial charge in [-0.1, -0.05) is 46.7 Å². The van der Waals surface area contributed by atoms with Gasteiger partial charge < -0.3 is 34.7 Å². The van der Waals surface area contributed by atoms with Crippen LogP contribution in [0.3, 0.4) is 0 Å². The van der Waals surface area contributed by atoms with E-state index in [0.29, 0.717) is 60.9 Å². The number of carbonyl (C=O) groups excluding carboxylic acids is 1. The zero-order chi connectivity index (χ0) is 45.2. The second-order valence-electron chi connectivity index (χ2n) is 15.4. The summed E-state index contributed by atoms with van der Waals surface area (Å²) in [6, 6.07) is 22.0. The quantitative estimate of drug-likeness (QED) is 0.110. The summed E-state index contributed by atoms with van der Waals surface area (Å²) in [6.07, 6.45) is 3.63. The molecule has 10 rings (SSSR count). The third-order valence-electron chi connectivity index (χ3n) is 11.1. The van der Waals surface area contributed by atoms with E-state index in [2.05, 4.69) is 65.3 Å². The van der Waals surface area contributed by atoms with Gasteiger partial charge in [-0.05, 0) is 72.8 Å². The minimum absolute atomic E-state index is 0.0401. The Bertz CT molecular complexity index is 2780. The van der Waals surface area contributed by atoms with Gasteiger partial charge >= 0.3 is 5.97 Å². The molecule has 2 fully saturated rings. The first-order valence-corrected chi connectivity index (χ1v) is 24.3. The largest absolute Gasteiger partial charge is 0.478 e. The summed E-state index contributed by atoms with van der Waals surface area (Å²) >= 11 is 6.82. The van der Waals surface area contributed by atoms with Crippen molar-refractivity contribution in [1.82, 2.24) is 35.6 Å². The molecule has 336 valence electrons. The van der Waals surface area contributed by atoms with Crippen molar-refractivity contribution in [3.05, 3.63) is 127 Å². The molecule has 8 heterocycles. The molecule has 0 bridgehead atoms. The number of carbonyl (C=O) groups is 2. The number of carboxylic acid groups (broad SMARTS) is 1. The Morgan fingerprint density at radius 2 is 1.15 bits per heavy atom. The molecular weight excluding hydrogens is 905 g/mol. The summed E-state index contributed by atoms with van der Waals surface area (Å²) in [5, 5.41) is 30.2. The zero-order valence-electron chi connectivity index (χ0n) is 35.6. The molecule has 4 N–H and O–H groups in total. The Labute approximate surface area is 390 Å². The zero-order valence-corrected chi connectivity index (χ0v) is 38.9. The smallest absolute Gasteiger partial charge is 0.335 e. The van der Waals surface area contributed by atoms with E-state index >= 15 is 0 Å². The van der Waals surface area contributed by atoms with E-state index in [1.165, 1.54) is 22.0 Å². The third-order valence-corrected chi connectivity index (χ3v) is 15.1. The standard InChI is InChI=1S/C23H22N4O3S2.C13H16N2OS2.C10H8N2O3/c1-15-25-20(27-30-15)16-4-2-5-17(12-16)21(28)24-14-23(7-9-29-10-8-23)22-26-18(13-32-22)19-6-3-11-31-19;14-9-13(3-5-16-6-4-13)12-15-10(8-18-12)11-2-1-7-17-11;1-6-11-9(12-15-6)7-3-2-4-8(5-7)10(13)14/h2-6,11-13H,7-10,14H2,1H3,(H,24,28);1-2,7-8H,3-6,9,14H2;2-5H,1H3,(H,13,14). The monoisotopic (exact) mass is 950 g/mol. The van der Waals surface area contributed by atoms with Crippen LogP contribution in [0.1, 0.15) is 68.2 Å². The highest BCUT2D eigenvalue weighted by atomic mass is 32.1. The number of thiazole rings is 2. The summed E-state index contributed by atoms with van der Waals surface area (Å²) in [6.45, 7) is 7.51. The van der Waals surface area contributed by atoms with Crippen LogP contribution >= 0.6 is 45.3 Å². The van der Waals surface area contributed by atoms with Gasteiger partial charge in [0.2, 0.25) is 23.4 Å². The molecule has 0 aliphatic carbocycles. The van der Waals surface area contributed by atoms with E-state index in [1.54, 1.807) is 83.5 Å². The number of hydrogen-bond acceptors (Lipinski definition) is 17. The third kappa shape index (κ3) is 11.0. The highest BCUT2D eigenvalue weighted by Gasteiger charge is 2.38. The van der Waals surface area contributed by atoms with Crippen molar-refractivity contribution < 1.29 is 33.2 Å². The molecule has 65 heavy (non-hydrogen) atoms. The predicted octanol–water partition coefficient (Wildman–Crippen LogP) is 9.33. The lowest BCUT2D eigenvalue weighted by Gasteiger charge is -2.35. The molecule has 0 radical (unpaired) electrons. The molecule has 8 aromatic rings. The van der Waals surface area contributed by atoms with Crippen LogP contribution in [0.5, 0.6) is 0 Å². The number of aromatic carboxylic acids is 1. The number of nitrogens with two attached hydrogens (primary N) is 1. The topological polar surface area (TPSA) is 214 Å². The minimum atomic E-state index is -0.975. The van der Waals surface area contributed by atoms with Crippen LogP contribution in [0, 0.1) is 13.8 Å². The average Bonchev–Trinajstić information content (AvgIpc) is 4.20. The minimum Gasteiger partial charge on any atom is -0.478 e. The van der Waals surface area contributed by atoms with E-state index in [1.807, 2.05) is 18.2 Å². The second-order valence-corrected chi connectivity index (χ2v) is 19.1. The highest BCUT2D eigenvalue weighted by Crippen LogP contribution is 2.40. The predicted molar refractivity (Wildman–Crippen MR) is 252 cm³/mol. The number of rotatable bonds is 11. The Hall–Kier alpha value is -5.80. The van der Waals surface area contributed by atoms with Gasteiger partial charge in [-0.15, -0.1) is 45.3 Å². The molecular formula is C46H46N8O7S4. The number of aryl methyl sites for hydroxylation is 2. The molecule has 1 amide bonds. The lowest BCUT2D eigenvalue weighted by molar-refractivity contribution is 0.0486. The highest BCUT2D eigenvalue weighted by molar-refractivity contribution is 7.15. The lowest BCUT2D eigenvalue weighted by atomic mass is 9.80. The Morgan fingerprint density at radius 3 is 1.62 bits per heavy atom. The van der Waals surface area contributed by atoms with E-state index < -0.39 is 5.97 Å². The fourth-order valence-corrected chi connectivity index (χ4v) is 11.1. The van der Waals surface area contributed by atoms with Gasteiger partial charge in [0.1, 0.15) is 10.0 Å². The van der Waals surface area contributed by atoms with Crippen LogP contribution in [-0.2, 0) is 20.3 Å². The number of thiophene rings is 2. The maximum atomic E-state index is 13.0. The first-order valence-electron chi connectivity index (χ1n) is 20.8. The summed E-state index contributed by atoms with van der Waals surface area (Å²) in [5.41, 5.74) is 10.1. The summed E-state index contributed by atoms with van der Waals surface area (Å²) < 4.78 is 20.9. The molecule has 19 heteroatoms. The number of benzene rings is 2. The normalized spacial score (nSPS) is 15.2. The van der Waals surface area contributed by atoms with Crippen LogP contribution in [0.15, 0.2) is 103 Å². The van der Waals surface area contributed by atoms with E-state index in [9.17, 15) is 9.59 Å². The van der Waals surface area contributed by atoms with Gasteiger partial charge in [0, 0.05) is 91.6 Å². The Morgan fingerprint density at radius 1 is 0.662 bits per heavy atom. The maximum absolute atomic E-state index is 13.0. The summed E-state index contributed by atoms with van der Waals surface area (Å²) in [4.78, 5) is 44.2. The van der Waals surface area contributed by atoms with Gasteiger partial charge in [-0.3, -0.25) is 4.79 Å². The van der Waals surface area contributed by atoms with E-state index in [4.69, 9.17) is 39.3 Å².